The monoisotopic (exact) mass is 163 g/mol. The number of hydrogen-bond acceptors (Lipinski definition) is 5. The fourth-order valence-corrected chi connectivity index (χ4v) is 0.141. The van der Waals surface area contributed by atoms with Gasteiger partial charge in [-0.1, -0.05) is 0 Å². The van der Waals surface area contributed by atoms with Crippen molar-refractivity contribution in [3.05, 3.63) is 0 Å². The average molecular weight is 163 g/mol. The topological polar surface area (TPSA) is 122 Å². The predicted octanol–water partition coefficient (Wildman–Crippen LogP) is -0.932. The zero-order valence-corrected chi connectivity index (χ0v) is 7.55. The van der Waals surface area contributed by atoms with Gasteiger partial charge in [-0.25, -0.2) is 0 Å². The van der Waals surface area contributed by atoms with E-state index in [0.29, 0.717) is 0 Å². The van der Waals surface area contributed by atoms with Gasteiger partial charge in [0.1, 0.15) is 0 Å². The molecule has 0 fully saturated rings. The van der Waals surface area contributed by atoms with Gasteiger partial charge >= 0.3 is 16.7 Å². The molecule has 8 heteroatoms. The molecule has 0 aromatic rings. The van der Waals surface area contributed by atoms with E-state index in [-0.39, 0.29) is 35.7 Å². The van der Waals surface area contributed by atoms with Gasteiger partial charge in [0.25, 0.3) is 0 Å². The van der Waals surface area contributed by atoms with Crippen LogP contribution in [0.3, 0.4) is 0 Å². The van der Waals surface area contributed by atoms with Gasteiger partial charge in [-0.2, -0.15) is 8.42 Å². The normalized spacial score (nSPS) is 7.56. The van der Waals surface area contributed by atoms with E-state index in [1.54, 1.807) is 0 Å². The number of nitriles is 1. The largest absolute Gasteiger partial charge is 0.456 e. The Kier molecular flexibility index (Phi) is 11.2. The molecule has 6 nitrogen and oxygen atoms in total. The third-order valence-electron chi connectivity index (χ3n) is 0.143. The molecular formula is CH4N2NaO4S. The molecule has 9 heavy (non-hydrogen) atoms. The summed E-state index contributed by atoms with van der Waals surface area (Å²) in [6, 6.07) is 0. The van der Waals surface area contributed by atoms with Gasteiger partial charge < -0.3 is 6.15 Å². The van der Waals surface area contributed by atoms with Crippen LogP contribution < -0.4 is 6.15 Å². The van der Waals surface area contributed by atoms with Gasteiger partial charge in [-0.05, 0) is 0 Å². The Morgan fingerprint density at radius 1 is 1.56 bits per heavy atom. The first-order valence-electron chi connectivity index (χ1n) is 1.11. The third-order valence-corrected chi connectivity index (χ3v) is 0.428. The van der Waals surface area contributed by atoms with Crippen LogP contribution in [0.25, 0.3) is 0 Å². The second-order valence-electron chi connectivity index (χ2n) is 0.602. The summed E-state index contributed by atoms with van der Waals surface area (Å²) in [4.78, 5) is 0. The predicted molar refractivity (Wildman–Crippen MR) is 29.0 cm³/mol. The Morgan fingerprint density at radius 3 is 1.89 bits per heavy atom. The summed E-state index contributed by atoms with van der Waals surface area (Å²) in [6.07, 6.45) is 0.770. The molecule has 1 radical (unpaired) electrons. The van der Waals surface area contributed by atoms with Crippen LogP contribution in [-0.4, -0.2) is 42.5 Å². The molecule has 0 aromatic carbocycles. The maximum Gasteiger partial charge on any atom is 0.456 e. The fraction of sp³-hybridized carbons (Fsp3) is 0. The van der Waals surface area contributed by atoms with E-state index in [1.165, 1.54) is 0 Å². The smallest absolute Gasteiger partial charge is 0.344 e. The number of nitrogens with zero attached hydrogens (tertiary/aromatic N) is 1. The van der Waals surface area contributed by atoms with Crippen molar-refractivity contribution in [2.75, 3.05) is 0 Å². The maximum atomic E-state index is 9.34. The molecule has 0 amide bonds. The molecule has 0 aliphatic rings. The van der Waals surface area contributed by atoms with E-state index in [2.05, 4.69) is 4.18 Å². The SMILES string of the molecule is N.N#COS(=O)(=O)O.[Na]. The van der Waals surface area contributed by atoms with Crippen LogP contribution in [-0.2, 0) is 14.6 Å². The first-order valence-corrected chi connectivity index (χ1v) is 2.48. The Morgan fingerprint density at radius 2 is 1.89 bits per heavy atom. The molecule has 0 unspecified atom stereocenters. The van der Waals surface area contributed by atoms with Crippen LogP contribution in [0.15, 0.2) is 0 Å². The van der Waals surface area contributed by atoms with Crippen LogP contribution in [0.5, 0.6) is 0 Å². The van der Waals surface area contributed by atoms with Crippen molar-refractivity contribution < 1.29 is 17.2 Å². The molecule has 49 valence electrons. The van der Waals surface area contributed by atoms with Crippen LogP contribution in [0, 0.1) is 11.5 Å². The molecule has 0 atom stereocenters. The Hall–Kier alpha value is 0.160. The van der Waals surface area contributed by atoms with Crippen molar-refractivity contribution in [3.63, 3.8) is 0 Å². The molecule has 0 spiro atoms. The van der Waals surface area contributed by atoms with E-state index in [9.17, 15) is 8.42 Å². The van der Waals surface area contributed by atoms with Gasteiger partial charge in [0, 0.05) is 29.6 Å². The van der Waals surface area contributed by atoms with Crippen molar-refractivity contribution >= 4 is 40.0 Å². The maximum absolute atomic E-state index is 9.34. The van der Waals surface area contributed by atoms with Gasteiger partial charge in [0.2, 0.25) is 0 Å². The average Bonchev–Trinajstić information content (AvgIpc) is 1.30. The number of hydrogen-bond donors (Lipinski definition) is 2. The minimum atomic E-state index is -4.54. The van der Waals surface area contributed by atoms with Crippen LogP contribution in [0.1, 0.15) is 0 Å². The molecular weight excluding hydrogens is 159 g/mol. The van der Waals surface area contributed by atoms with Crippen molar-refractivity contribution in [1.82, 2.24) is 6.15 Å². The first kappa shape index (κ1) is 16.1. The van der Waals surface area contributed by atoms with E-state index >= 15 is 0 Å². The zero-order chi connectivity index (χ0) is 5.91. The summed E-state index contributed by atoms with van der Waals surface area (Å²) in [5.41, 5.74) is 0. The van der Waals surface area contributed by atoms with Crippen LogP contribution >= 0.6 is 0 Å². The van der Waals surface area contributed by atoms with Crippen molar-refractivity contribution in [2.24, 2.45) is 0 Å². The standard InChI is InChI=1S/CHNO4S.H3N.Na/c2-1-6-7(3,4)5;;/h(H,3,4,5);1H3;. The van der Waals surface area contributed by atoms with Gasteiger partial charge in [0.15, 0.2) is 0 Å². The van der Waals surface area contributed by atoms with Gasteiger partial charge in [0.05, 0.1) is 0 Å². The third kappa shape index (κ3) is 17.9. The molecule has 0 saturated carbocycles. The molecule has 4 N–H and O–H groups in total. The van der Waals surface area contributed by atoms with E-state index in [0.717, 1.165) is 6.26 Å². The Labute approximate surface area is 74.6 Å². The van der Waals surface area contributed by atoms with Crippen LogP contribution in [0.2, 0.25) is 0 Å². The Bertz CT molecular complexity index is 179. The number of rotatable bonds is 1. The first-order chi connectivity index (χ1) is 3.06. The van der Waals surface area contributed by atoms with E-state index in [1.807, 2.05) is 0 Å². The molecule has 0 heterocycles. The van der Waals surface area contributed by atoms with E-state index < -0.39 is 10.4 Å². The molecule has 0 aliphatic carbocycles. The second kappa shape index (κ2) is 6.28. The molecule has 0 bridgehead atoms. The van der Waals surface area contributed by atoms with Gasteiger partial charge in [-0.3, -0.25) is 8.74 Å². The zero-order valence-electron chi connectivity index (χ0n) is 4.73. The van der Waals surface area contributed by atoms with E-state index in [4.69, 9.17) is 9.81 Å². The molecule has 0 aliphatic heterocycles. The summed E-state index contributed by atoms with van der Waals surface area (Å²) in [5, 5.41) is 7.39. The Balaban J connectivity index is -0.000000180. The minimum Gasteiger partial charge on any atom is -0.344 e. The minimum absolute atomic E-state index is 0. The van der Waals surface area contributed by atoms with Crippen molar-refractivity contribution in [1.29, 1.82) is 5.26 Å². The van der Waals surface area contributed by atoms with Crippen LogP contribution in [0.4, 0.5) is 0 Å². The van der Waals surface area contributed by atoms with Crippen molar-refractivity contribution in [2.45, 2.75) is 0 Å². The summed E-state index contributed by atoms with van der Waals surface area (Å²) >= 11 is 0. The van der Waals surface area contributed by atoms with Gasteiger partial charge in [-0.15, -0.1) is 5.26 Å². The molecule has 0 aromatic heterocycles. The molecule has 0 saturated heterocycles. The summed E-state index contributed by atoms with van der Waals surface area (Å²) in [7, 11) is -4.54. The molecule has 0 rings (SSSR count). The fourth-order valence-electron chi connectivity index (χ4n) is 0.0471. The van der Waals surface area contributed by atoms with Crippen molar-refractivity contribution in [3.8, 4) is 6.26 Å². The summed E-state index contributed by atoms with van der Waals surface area (Å²) < 4.78 is 29.3. The summed E-state index contributed by atoms with van der Waals surface area (Å²) in [6.45, 7) is 0. The quantitative estimate of drug-likeness (QED) is 0.292. The summed E-state index contributed by atoms with van der Waals surface area (Å²) in [5.74, 6) is 0. The second-order valence-corrected chi connectivity index (χ2v) is 1.62.